The van der Waals surface area contributed by atoms with Gasteiger partial charge in [-0.1, -0.05) is 50.2 Å². The zero-order chi connectivity index (χ0) is 12.3. The van der Waals surface area contributed by atoms with E-state index < -0.39 is 0 Å². The smallest absolute Gasteiger partial charge is 0.0625 e. The molecule has 0 aliphatic carbocycles. The van der Waals surface area contributed by atoms with Gasteiger partial charge in [0.25, 0.3) is 0 Å². The summed E-state index contributed by atoms with van der Waals surface area (Å²) >= 11 is 0. The summed E-state index contributed by atoms with van der Waals surface area (Å²) in [5, 5.41) is 11.4. The third kappa shape index (κ3) is 2.31. The van der Waals surface area contributed by atoms with Crippen molar-refractivity contribution in [2.45, 2.75) is 32.6 Å². The zero-order valence-electron chi connectivity index (χ0n) is 10.4. The number of rotatable bonds is 3. The molecule has 2 aromatic rings. The van der Waals surface area contributed by atoms with Crippen LogP contribution in [-0.4, -0.2) is 0 Å². The fraction of sp³-hybridized carbons (Fsp3) is 0.312. The minimum Gasteiger partial charge on any atom is -0.198 e. The van der Waals surface area contributed by atoms with E-state index >= 15 is 0 Å². The molecule has 17 heavy (non-hydrogen) atoms. The van der Waals surface area contributed by atoms with Crippen molar-refractivity contribution >= 4 is 10.8 Å². The molecule has 0 atom stereocenters. The average molecular weight is 223 g/mol. The molecule has 0 amide bonds. The number of aryl methyl sites for hydroxylation is 1. The molecule has 0 spiro atoms. The van der Waals surface area contributed by atoms with E-state index in [0.29, 0.717) is 12.3 Å². The lowest BCUT2D eigenvalue weighted by Gasteiger charge is -2.13. The minimum atomic E-state index is 0.516. The van der Waals surface area contributed by atoms with Gasteiger partial charge in [-0.05, 0) is 34.2 Å². The van der Waals surface area contributed by atoms with E-state index in [-0.39, 0.29) is 0 Å². The first-order valence-corrected chi connectivity index (χ1v) is 6.11. The summed E-state index contributed by atoms with van der Waals surface area (Å²) in [5.41, 5.74) is 2.68. The number of fused-ring (bicyclic) bond motifs is 1. The second-order valence-electron chi connectivity index (χ2n) is 4.68. The van der Waals surface area contributed by atoms with Gasteiger partial charge in [-0.25, -0.2) is 0 Å². The lowest BCUT2D eigenvalue weighted by molar-refractivity contribution is 0.873. The van der Waals surface area contributed by atoms with Crippen LogP contribution in [0.1, 0.15) is 37.3 Å². The first-order valence-electron chi connectivity index (χ1n) is 6.11. The number of nitrogens with zero attached hydrogens (tertiary/aromatic N) is 1. The van der Waals surface area contributed by atoms with Crippen LogP contribution < -0.4 is 0 Å². The minimum absolute atomic E-state index is 0.516. The van der Waals surface area contributed by atoms with Gasteiger partial charge in [0.2, 0.25) is 0 Å². The normalized spacial score (nSPS) is 10.7. The number of nitriles is 1. The van der Waals surface area contributed by atoms with Crippen LogP contribution in [0.3, 0.4) is 0 Å². The van der Waals surface area contributed by atoms with Crippen LogP contribution in [0.25, 0.3) is 10.8 Å². The highest BCUT2D eigenvalue weighted by Gasteiger charge is 2.08. The molecule has 0 aliphatic heterocycles. The summed E-state index contributed by atoms with van der Waals surface area (Å²) < 4.78 is 0. The van der Waals surface area contributed by atoms with Crippen molar-refractivity contribution in [2.24, 2.45) is 0 Å². The number of hydrogen-bond acceptors (Lipinski definition) is 1. The summed E-state index contributed by atoms with van der Waals surface area (Å²) in [6.07, 6.45) is 1.43. The number of hydrogen-bond donors (Lipinski definition) is 0. The Hall–Kier alpha value is -1.81. The van der Waals surface area contributed by atoms with Crippen LogP contribution >= 0.6 is 0 Å². The Balaban J connectivity index is 2.63. The zero-order valence-corrected chi connectivity index (χ0v) is 10.4. The maximum Gasteiger partial charge on any atom is 0.0625 e. The summed E-state index contributed by atoms with van der Waals surface area (Å²) in [5.74, 6) is 0.516. The summed E-state index contributed by atoms with van der Waals surface area (Å²) in [4.78, 5) is 0. The Morgan fingerprint density at radius 2 is 1.82 bits per heavy atom. The molecule has 0 bridgehead atoms. The third-order valence-electron chi connectivity index (χ3n) is 3.15. The SMILES string of the molecule is CC(C)c1cccc2cccc(CCC#N)c12. The van der Waals surface area contributed by atoms with E-state index in [0.717, 1.165) is 6.42 Å². The van der Waals surface area contributed by atoms with E-state index in [1.807, 2.05) is 0 Å². The van der Waals surface area contributed by atoms with Crippen LogP contribution in [0, 0.1) is 11.3 Å². The standard InChI is InChI=1S/C16H17N/c1-12(2)15-10-4-8-13-6-3-7-14(16(13)15)9-5-11-17/h3-4,6-8,10,12H,5,9H2,1-2H3. The Labute approximate surface area is 103 Å². The Bertz CT molecular complexity index is 556. The van der Waals surface area contributed by atoms with Gasteiger partial charge in [0, 0.05) is 6.42 Å². The maximum atomic E-state index is 8.73. The predicted octanol–water partition coefficient (Wildman–Crippen LogP) is 4.42. The lowest BCUT2D eigenvalue weighted by Crippen LogP contribution is -1.94. The first kappa shape index (κ1) is 11.7. The van der Waals surface area contributed by atoms with Crippen LogP contribution in [0.4, 0.5) is 0 Å². The van der Waals surface area contributed by atoms with Gasteiger partial charge in [0.15, 0.2) is 0 Å². The molecule has 1 heteroatoms. The van der Waals surface area contributed by atoms with E-state index in [1.54, 1.807) is 0 Å². The van der Waals surface area contributed by atoms with Gasteiger partial charge in [0.1, 0.15) is 0 Å². The molecule has 0 saturated carbocycles. The molecule has 0 unspecified atom stereocenters. The van der Waals surface area contributed by atoms with E-state index in [2.05, 4.69) is 56.3 Å². The third-order valence-corrected chi connectivity index (χ3v) is 3.15. The largest absolute Gasteiger partial charge is 0.198 e. The van der Waals surface area contributed by atoms with Crippen LogP contribution in [-0.2, 0) is 6.42 Å². The van der Waals surface area contributed by atoms with Crippen LogP contribution in [0.15, 0.2) is 36.4 Å². The Morgan fingerprint density at radius 3 is 2.47 bits per heavy atom. The number of benzene rings is 2. The Morgan fingerprint density at radius 1 is 1.12 bits per heavy atom. The van der Waals surface area contributed by atoms with Crippen molar-refractivity contribution in [1.82, 2.24) is 0 Å². The van der Waals surface area contributed by atoms with Gasteiger partial charge in [0.05, 0.1) is 6.07 Å². The summed E-state index contributed by atoms with van der Waals surface area (Å²) in [6.45, 7) is 4.44. The van der Waals surface area contributed by atoms with Crippen LogP contribution in [0.5, 0.6) is 0 Å². The topological polar surface area (TPSA) is 23.8 Å². The van der Waals surface area contributed by atoms with E-state index in [9.17, 15) is 0 Å². The predicted molar refractivity (Wildman–Crippen MR) is 72.0 cm³/mol. The van der Waals surface area contributed by atoms with E-state index in [1.165, 1.54) is 21.9 Å². The molecular formula is C16H17N. The molecular weight excluding hydrogens is 206 g/mol. The van der Waals surface area contributed by atoms with Crippen molar-refractivity contribution in [2.75, 3.05) is 0 Å². The molecule has 2 rings (SSSR count). The van der Waals surface area contributed by atoms with Crippen molar-refractivity contribution in [1.29, 1.82) is 5.26 Å². The van der Waals surface area contributed by atoms with E-state index in [4.69, 9.17) is 5.26 Å². The van der Waals surface area contributed by atoms with Crippen molar-refractivity contribution < 1.29 is 0 Å². The lowest BCUT2D eigenvalue weighted by atomic mass is 9.91. The molecule has 0 fully saturated rings. The molecule has 0 aliphatic rings. The highest BCUT2D eigenvalue weighted by molar-refractivity contribution is 5.89. The van der Waals surface area contributed by atoms with Gasteiger partial charge >= 0.3 is 0 Å². The van der Waals surface area contributed by atoms with Crippen molar-refractivity contribution in [3.05, 3.63) is 47.5 Å². The molecule has 86 valence electrons. The molecule has 0 N–H and O–H groups in total. The average Bonchev–Trinajstić information content (AvgIpc) is 2.35. The summed E-state index contributed by atoms with van der Waals surface area (Å²) in [6, 6.07) is 15.1. The van der Waals surface area contributed by atoms with Gasteiger partial charge in [-0.2, -0.15) is 5.26 Å². The fourth-order valence-corrected chi connectivity index (χ4v) is 2.33. The molecule has 0 aromatic heterocycles. The second kappa shape index (κ2) is 5.01. The monoisotopic (exact) mass is 223 g/mol. The molecule has 1 nitrogen and oxygen atoms in total. The van der Waals surface area contributed by atoms with Gasteiger partial charge < -0.3 is 0 Å². The highest BCUT2D eigenvalue weighted by Crippen LogP contribution is 2.29. The first-order chi connectivity index (χ1) is 8.24. The molecule has 0 radical (unpaired) electrons. The Kier molecular flexibility index (Phi) is 3.44. The molecule has 0 heterocycles. The molecule has 0 saturated heterocycles. The van der Waals surface area contributed by atoms with Gasteiger partial charge in [-0.15, -0.1) is 0 Å². The highest BCUT2D eigenvalue weighted by atomic mass is 14.2. The van der Waals surface area contributed by atoms with Crippen molar-refractivity contribution in [3.63, 3.8) is 0 Å². The van der Waals surface area contributed by atoms with Crippen molar-refractivity contribution in [3.8, 4) is 6.07 Å². The quantitative estimate of drug-likeness (QED) is 0.755. The maximum absolute atomic E-state index is 8.73. The van der Waals surface area contributed by atoms with Crippen LogP contribution in [0.2, 0.25) is 0 Å². The fourth-order valence-electron chi connectivity index (χ4n) is 2.33. The van der Waals surface area contributed by atoms with Gasteiger partial charge in [-0.3, -0.25) is 0 Å². The second-order valence-corrected chi connectivity index (χ2v) is 4.68. The molecule has 2 aromatic carbocycles. The summed E-state index contributed by atoms with van der Waals surface area (Å²) in [7, 11) is 0.